The highest BCUT2D eigenvalue weighted by molar-refractivity contribution is 6.40. The van der Waals surface area contributed by atoms with E-state index in [4.69, 9.17) is 33.1 Å². The highest BCUT2D eigenvalue weighted by Crippen LogP contribution is 2.33. The Hall–Kier alpha value is -1.26. The molecular weight excluding hydrogens is 265 g/mol. The fraction of sp³-hybridized carbons (Fsp3) is 0.273. The lowest BCUT2D eigenvalue weighted by Gasteiger charge is -2.14. The molecule has 1 heterocycles. The van der Waals surface area contributed by atoms with Crippen LogP contribution in [-0.4, -0.2) is 22.4 Å². The first-order valence-corrected chi connectivity index (χ1v) is 5.62. The molecule has 0 aromatic heterocycles. The number of halogens is 2. The van der Waals surface area contributed by atoms with Gasteiger partial charge in [-0.15, -0.1) is 0 Å². The lowest BCUT2D eigenvalue weighted by molar-refractivity contribution is -0.160. The molecule has 0 saturated carbocycles. The fourth-order valence-corrected chi connectivity index (χ4v) is 2.18. The van der Waals surface area contributed by atoms with Gasteiger partial charge in [-0.1, -0.05) is 34.4 Å². The van der Waals surface area contributed by atoms with E-state index in [9.17, 15) is 4.79 Å². The molecular formula is C11H9Cl2NO3. The van der Waals surface area contributed by atoms with E-state index in [0.29, 0.717) is 21.3 Å². The van der Waals surface area contributed by atoms with Crippen LogP contribution >= 0.6 is 23.2 Å². The molecule has 90 valence electrons. The van der Waals surface area contributed by atoms with Gasteiger partial charge in [0, 0.05) is 12.0 Å². The molecule has 0 saturated heterocycles. The van der Waals surface area contributed by atoms with E-state index in [2.05, 4.69) is 5.16 Å². The van der Waals surface area contributed by atoms with Crippen molar-refractivity contribution in [2.45, 2.75) is 18.9 Å². The molecule has 0 aliphatic carbocycles. The Morgan fingerprint density at radius 2 is 2.06 bits per heavy atom. The summed E-state index contributed by atoms with van der Waals surface area (Å²) < 4.78 is 0. The minimum absolute atomic E-state index is 0.131. The van der Waals surface area contributed by atoms with Gasteiger partial charge in [0.05, 0.1) is 15.8 Å². The zero-order valence-electron chi connectivity index (χ0n) is 8.91. The molecule has 1 aromatic rings. The van der Waals surface area contributed by atoms with Crippen LogP contribution in [0.15, 0.2) is 23.4 Å². The van der Waals surface area contributed by atoms with Gasteiger partial charge in [-0.3, -0.25) is 0 Å². The van der Waals surface area contributed by atoms with E-state index in [1.165, 1.54) is 6.92 Å². The molecule has 0 radical (unpaired) electrons. The number of aliphatic carboxylic acids is 1. The average Bonchev–Trinajstić information content (AvgIpc) is 2.62. The van der Waals surface area contributed by atoms with Crippen molar-refractivity contribution in [3.05, 3.63) is 33.8 Å². The van der Waals surface area contributed by atoms with Crippen LogP contribution in [0.1, 0.15) is 18.9 Å². The zero-order valence-corrected chi connectivity index (χ0v) is 10.4. The molecule has 6 heteroatoms. The molecule has 0 fully saturated rings. The number of hydrogen-bond acceptors (Lipinski definition) is 3. The third-order valence-electron chi connectivity index (χ3n) is 2.57. The van der Waals surface area contributed by atoms with Gasteiger partial charge in [-0.2, -0.15) is 0 Å². The Labute approximate surface area is 108 Å². The van der Waals surface area contributed by atoms with Gasteiger partial charge in [-0.05, 0) is 19.1 Å². The van der Waals surface area contributed by atoms with Gasteiger partial charge in [-0.25, -0.2) is 4.79 Å². The maximum atomic E-state index is 11.0. The van der Waals surface area contributed by atoms with Gasteiger partial charge >= 0.3 is 5.97 Å². The average molecular weight is 274 g/mol. The van der Waals surface area contributed by atoms with Crippen molar-refractivity contribution in [1.82, 2.24) is 0 Å². The number of oxime groups is 1. The van der Waals surface area contributed by atoms with Gasteiger partial charge in [0.15, 0.2) is 0 Å². The molecule has 1 atom stereocenters. The van der Waals surface area contributed by atoms with Gasteiger partial charge in [0.25, 0.3) is 0 Å². The van der Waals surface area contributed by atoms with Crippen molar-refractivity contribution < 1.29 is 14.7 Å². The van der Waals surface area contributed by atoms with Gasteiger partial charge in [0.1, 0.15) is 0 Å². The molecule has 1 aliphatic rings. The summed E-state index contributed by atoms with van der Waals surface area (Å²) >= 11 is 12.0. The molecule has 1 aliphatic heterocycles. The van der Waals surface area contributed by atoms with Gasteiger partial charge < -0.3 is 9.94 Å². The summed E-state index contributed by atoms with van der Waals surface area (Å²) in [6.45, 7) is 1.45. The second kappa shape index (κ2) is 4.20. The van der Waals surface area contributed by atoms with Crippen LogP contribution in [0.4, 0.5) is 0 Å². The van der Waals surface area contributed by atoms with E-state index in [1.54, 1.807) is 18.2 Å². The van der Waals surface area contributed by atoms with Crippen LogP contribution in [0.3, 0.4) is 0 Å². The lowest BCUT2D eigenvalue weighted by Crippen LogP contribution is -2.35. The summed E-state index contributed by atoms with van der Waals surface area (Å²) in [4.78, 5) is 16.0. The second-order valence-electron chi connectivity index (χ2n) is 3.94. The summed E-state index contributed by atoms with van der Waals surface area (Å²) in [5, 5.41) is 13.6. The normalized spacial score (nSPS) is 23.1. The molecule has 1 N–H and O–H groups in total. The van der Waals surface area contributed by atoms with Crippen molar-refractivity contribution >= 4 is 34.9 Å². The molecule has 0 spiro atoms. The maximum Gasteiger partial charge on any atom is 0.351 e. The Bertz CT molecular complexity index is 495. The molecule has 0 amide bonds. The Morgan fingerprint density at radius 1 is 1.47 bits per heavy atom. The van der Waals surface area contributed by atoms with E-state index in [1.807, 2.05) is 0 Å². The number of nitrogens with zero attached hydrogens (tertiary/aromatic N) is 1. The van der Waals surface area contributed by atoms with Crippen LogP contribution in [0.5, 0.6) is 0 Å². The standard InChI is InChI=1S/C11H9Cl2NO3/c1-11(10(15)16)5-8(14-17-11)9-6(12)3-2-4-7(9)13/h2-4H,5H2,1H3,(H,15,16). The summed E-state index contributed by atoms with van der Waals surface area (Å²) in [6.07, 6.45) is 0.131. The highest BCUT2D eigenvalue weighted by atomic mass is 35.5. The zero-order chi connectivity index (χ0) is 12.6. The van der Waals surface area contributed by atoms with Crippen molar-refractivity contribution in [2.24, 2.45) is 5.16 Å². The van der Waals surface area contributed by atoms with Gasteiger partial charge in [0.2, 0.25) is 5.60 Å². The van der Waals surface area contributed by atoms with Crippen molar-refractivity contribution in [3.63, 3.8) is 0 Å². The monoisotopic (exact) mass is 273 g/mol. The number of hydrogen-bond donors (Lipinski definition) is 1. The predicted molar refractivity (Wildman–Crippen MR) is 64.7 cm³/mol. The number of rotatable bonds is 2. The Morgan fingerprint density at radius 3 is 2.53 bits per heavy atom. The largest absolute Gasteiger partial charge is 0.478 e. The van der Waals surface area contributed by atoms with E-state index >= 15 is 0 Å². The van der Waals surface area contributed by atoms with Crippen molar-refractivity contribution in [1.29, 1.82) is 0 Å². The van der Waals surface area contributed by atoms with E-state index in [-0.39, 0.29) is 6.42 Å². The minimum atomic E-state index is -1.35. The molecule has 4 nitrogen and oxygen atoms in total. The summed E-state index contributed by atoms with van der Waals surface area (Å²) in [5.74, 6) is -1.07. The Kier molecular flexibility index (Phi) is 3.02. The smallest absolute Gasteiger partial charge is 0.351 e. The summed E-state index contributed by atoms with van der Waals surface area (Å²) in [5.41, 5.74) is -0.371. The molecule has 2 rings (SSSR count). The van der Waals surface area contributed by atoms with E-state index < -0.39 is 11.6 Å². The molecule has 17 heavy (non-hydrogen) atoms. The number of benzene rings is 1. The minimum Gasteiger partial charge on any atom is -0.478 e. The predicted octanol–water partition coefficient (Wildman–Crippen LogP) is 2.96. The third-order valence-corrected chi connectivity index (χ3v) is 3.20. The SMILES string of the molecule is CC1(C(=O)O)CC(c2c(Cl)cccc2Cl)=NO1. The Balaban J connectivity index is 2.36. The number of carbonyl (C=O) groups is 1. The van der Waals surface area contributed by atoms with Crippen LogP contribution in [0, 0.1) is 0 Å². The van der Waals surface area contributed by atoms with E-state index in [0.717, 1.165) is 0 Å². The maximum absolute atomic E-state index is 11.0. The molecule has 1 unspecified atom stereocenters. The topological polar surface area (TPSA) is 58.9 Å². The fourth-order valence-electron chi connectivity index (χ4n) is 1.56. The quantitative estimate of drug-likeness (QED) is 0.901. The first-order chi connectivity index (χ1) is 7.94. The van der Waals surface area contributed by atoms with Crippen molar-refractivity contribution in [2.75, 3.05) is 0 Å². The van der Waals surface area contributed by atoms with Crippen LogP contribution in [0.25, 0.3) is 0 Å². The van der Waals surface area contributed by atoms with Crippen LogP contribution in [0.2, 0.25) is 10.0 Å². The number of carboxylic acids is 1. The van der Waals surface area contributed by atoms with Crippen molar-refractivity contribution in [3.8, 4) is 0 Å². The molecule has 1 aromatic carbocycles. The third kappa shape index (κ3) is 2.10. The first-order valence-electron chi connectivity index (χ1n) is 4.87. The lowest BCUT2D eigenvalue weighted by atomic mass is 9.96. The van der Waals surface area contributed by atoms with Crippen LogP contribution < -0.4 is 0 Å². The highest BCUT2D eigenvalue weighted by Gasteiger charge is 2.43. The van der Waals surface area contributed by atoms with Crippen LogP contribution in [-0.2, 0) is 9.63 Å². The number of carboxylic acid groups (broad SMARTS) is 1. The first kappa shape index (κ1) is 12.2. The summed E-state index contributed by atoms with van der Waals surface area (Å²) in [6, 6.07) is 5.05. The molecule has 0 bridgehead atoms. The summed E-state index contributed by atoms with van der Waals surface area (Å²) in [7, 11) is 0. The second-order valence-corrected chi connectivity index (χ2v) is 4.75.